The number of amidine groups is 1. The summed E-state index contributed by atoms with van der Waals surface area (Å²) in [5.41, 5.74) is 10.1. The van der Waals surface area contributed by atoms with E-state index in [2.05, 4.69) is 10.4 Å². The fraction of sp³-hybridized carbons (Fsp3) is 0.286. The van der Waals surface area contributed by atoms with Crippen molar-refractivity contribution in [2.45, 2.75) is 32.2 Å². The van der Waals surface area contributed by atoms with Crippen LogP contribution in [0.4, 0.5) is 4.39 Å². The van der Waals surface area contributed by atoms with Crippen LogP contribution in [0.3, 0.4) is 0 Å². The first-order valence-corrected chi connectivity index (χ1v) is 9.53. The monoisotopic (exact) mass is 415 g/mol. The number of hydrogen-bond acceptors (Lipinski definition) is 6. The van der Waals surface area contributed by atoms with E-state index in [-0.39, 0.29) is 24.7 Å². The number of amides is 1. The second kappa shape index (κ2) is 11.5. The fourth-order valence-corrected chi connectivity index (χ4v) is 2.90. The van der Waals surface area contributed by atoms with Gasteiger partial charge >= 0.3 is 5.97 Å². The average Bonchev–Trinajstić information content (AvgIpc) is 2.72. The van der Waals surface area contributed by atoms with Crippen molar-refractivity contribution in [3.8, 4) is 11.1 Å². The number of carbonyl (C=O) groups is 2. The number of aryl methyl sites for hydroxylation is 1. The van der Waals surface area contributed by atoms with E-state index in [4.69, 9.17) is 16.3 Å². The van der Waals surface area contributed by atoms with Crippen LogP contribution in [-0.4, -0.2) is 30.4 Å². The first kappa shape index (κ1) is 22.8. The zero-order valence-electron chi connectivity index (χ0n) is 16.7. The van der Waals surface area contributed by atoms with Crippen molar-refractivity contribution in [3.63, 3.8) is 0 Å². The average molecular weight is 415 g/mol. The maximum atomic E-state index is 13.4. The standard InChI is InChI=1S/C21H26FN5O3/c1-2-30-19(28)13-18(25-21(29)20(23)26-27-24)11-8-14-6-9-15(10-7-14)16-4-3-5-17(22)12-16/h3-7,9-10,12,18,27H,2,8,11,13,24H2,1H3,(H2,23,26)(H,25,29)/t18-/m1/s1. The molecule has 0 saturated heterocycles. The Bertz CT molecular complexity index is 886. The SMILES string of the molecule is CCOC(=O)C[C@@H](CCc1ccc(-c2cccc(F)c2)cc1)NC(=O)/C(N)=N/NN. The van der Waals surface area contributed by atoms with Crippen molar-refractivity contribution in [2.75, 3.05) is 6.61 Å². The van der Waals surface area contributed by atoms with Gasteiger partial charge in [-0.25, -0.2) is 15.8 Å². The lowest BCUT2D eigenvalue weighted by atomic mass is 9.99. The molecule has 8 nitrogen and oxygen atoms in total. The smallest absolute Gasteiger partial charge is 0.307 e. The van der Waals surface area contributed by atoms with Crippen LogP contribution in [0.25, 0.3) is 11.1 Å². The number of nitrogens with one attached hydrogen (secondary N) is 2. The highest BCUT2D eigenvalue weighted by Gasteiger charge is 2.19. The minimum atomic E-state index is -0.635. The van der Waals surface area contributed by atoms with Crippen LogP contribution in [0, 0.1) is 5.82 Å². The first-order chi connectivity index (χ1) is 14.4. The van der Waals surface area contributed by atoms with Crippen LogP contribution in [0.5, 0.6) is 0 Å². The van der Waals surface area contributed by atoms with Crippen LogP contribution in [0.1, 0.15) is 25.3 Å². The number of hydrogen-bond donors (Lipinski definition) is 4. The normalized spacial score (nSPS) is 12.2. The van der Waals surface area contributed by atoms with Crippen LogP contribution in [0.15, 0.2) is 53.6 Å². The number of halogens is 1. The molecule has 0 heterocycles. The summed E-state index contributed by atoms with van der Waals surface area (Å²) in [5.74, 6) is 3.34. The Morgan fingerprint density at radius 2 is 1.90 bits per heavy atom. The van der Waals surface area contributed by atoms with Crippen LogP contribution >= 0.6 is 0 Å². The van der Waals surface area contributed by atoms with Gasteiger partial charge in [-0.1, -0.05) is 36.4 Å². The zero-order valence-corrected chi connectivity index (χ0v) is 16.7. The summed E-state index contributed by atoms with van der Waals surface area (Å²) in [6.45, 7) is 1.96. The predicted octanol–water partition coefficient (Wildman–Crippen LogP) is 1.60. The Morgan fingerprint density at radius 1 is 1.17 bits per heavy atom. The van der Waals surface area contributed by atoms with E-state index in [1.165, 1.54) is 12.1 Å². The molecule has 1 amide bonds. The molecule has 0 aliphatic rings. The molecule has 30 heavy (non-hydrogen) atoms. The zero-order chi connectivity index (χ0) is 21.9. The predicted molar refractivity (Wildman–Crippen MR) is 112 cm³/mol. The first-order valence-electron chi connectivity index (χ1n) is 9.53. The number of nitrogens with zero attached hydrogens (tertiary/aromatic N) is 1. The molecule has 0 spiro atoms. The van der Waals surface area contributed by atoms with E-state index in [1.54, 1.807) is 13.0 Å². The molecule has 2 aromatic carbocycles. The molecule has 1 atom stereocenters. The maximum absolute atomic E-state index is 13.4. The van der Waals surface area contributed by atoms with Gasteiger partial charge in [0.15, 0.2) is 0 Å². The molecule has 0 unspecified atom stereocenters. The molecule has 0 radical (unpaired) electrons. The van der Waals surface area contributed by atoms with E-state index < -0.39 is 17.9 Å². The van der Waals surface area contributed by atoms with Gasteiger partial charge in [0.05, 0.1) is 13.0 Å². The highest BCUT2D eigenvalue weighted by atomic mass is 19.1. The highest BCUT2D eigenvalue weighted by Crippen LogP contribution is 2.21. The molecule has 0 aliphatic carbocycles. The number of ether oxygens (including phenoxy) is 1. The number of hydrazine groups is 1. The highest BCUT2D eigenvalue weighted by molar-refractivity contribution is 6.37. The number of hydrazone groups is 1. The molecule has 0 aromatic heterocycles. The summed E-state index contributed by atoms with van der Waals surface area (Å²) in [6, 6.07) is 13.5. The minimum Gasteiger partial charge on any atom is -0.466 e. The van der Waals surface area contributed by atoms with Crippen molar-refractivity contribution in [1.82, 2.24) is 10.9 Å². The van der Waals surface area contributed by atoms with Crippen molar-refractivity contribution >= 4 is 17.7 Å². The lowest BCUT2D eigenvalue weighted by Crippen LogP contribution is -2.44. The quantitative estimate of drug-likeness (QED) is 0.162. The van der Waals surface area contributed by atoms with E-state index in [1.807, 2.05) is 35.9 Å². The van der Waals surface area contributed by atoms with Crippen LogP contribution in [0.2, 0.25) is 0 Å². The van der Waals surface area contributed by atoms with E-state index >= 15 is 0 Å². The van der Waals surface area contributed by atoms with Gasteiger partial charge in [0.25, 0.3) is 5.91 Å². The van der Waals surface area contributed by atoms with Crippen molar-refractivity contribution in [3.05, 3.63) is 59.9 Å². The van der Waals surface area contributed by atoms with Gasteiger partial charge < -0.3 is 15.8 Å². The van der Waals surface area contributed by atoms with Gasteiger partial charge in [-0.2, -0.15) is 0 Å². The summed E-state index contributed by atoms with van der Waals surface area (Å²) in [7, 11) is 0. The molecule has 6 N–H and O–H groups in total. The third-order valence-electron chi connectivity index (χ3n) is 4.36. The van der Waals surface area contributed by atoms with Gasteiger partial charge in [0, 0.05) is 6.04 Å². The lowest BCUT2D eigenvalue weighted by molar-refractivity contribution is -0.143. The van der Waals surface area contributed by atoms with Crippen LogP contribution < -0.4 is 22.4 Å². The Balaban J connectivity index is 2.03. The summed E-state index contributed by atoms with van der Waals surface area (Å²) >= 11 is 0. The molecule has 9 heteroatoms. The molecule has 160 valence electrons. The van der Waals surface area contributed by atoms with Crippen molar-refractivity contribution in [2.24, 2.45) is 16.7 Å². The van der Waals surface area contributed by atoms with Gasteiger partial charge in [0.2, 0.25) is 5.84 Å². The van der Waals surface area contributed by atoms with Gasteiger partial charge in [-0.3, -0.25) is 9.59 Å². The number of esters is 1. The lowest BCUT2D eigenvalue weighted by Gasteiger charge is -2.18. The third-order valence-corrected chi connectivity index (χ3v) is 4.36. The maximum Gasteiger partial charge on any atom is 0.307 e. The number of rotatable bonds is 9. The van der Waals surface area contributed by atoms with Gasteiger partial charge in [0.1, 0.15) is 5.82 Å². The Morgan fingerprint density at radius 3 is 2.53 bits per heavy atom. The van der Waals surface area contributed by atoms with E-state index in [0.717, 1.165) is 16.7 Å². The molecule has 0 aliphatic heterocycles. The molecule has 0 saturated carbocycles. The number of benzene rings is 2. The van der Waals surface area contributed by atoms with Crippen molar-refractivity contribution < 1.29 is 18.7 Å². The molecular weight excluding hydrogens is 389 g/mol. The number of carbonyl (C=O) groups excluding carboxylic acids is 2. The van der Waals surface area contributed by atoms with Crippen LogP contribution in [-0.2, 0) is 20.7 Å². The summed E-state index contributed by atoms with van der Waals surface area (Å²) < 4.78 is 18.4. The molecule has 0 fully saturated rings. The largest absolute Gasteiger partial charge is 0.466 e. The van der Waals surface area contributed by atoms with Gasteiger partial charge in [-0.05, 0) is 48.6 Å². The van der Waals surface area contributed by atoms with Crippen molar-refractivity contribution in [1.29, 1.82) is 0 Å². The Hall–Kier alpha value is -3.46. The van der Waals surface area contributed by atoms with Gasteiger partial charge in [-0.15, -0.1) is 5.10 Å². The van der Waals surface area contributed by atoms with E-state index in [0.29, 0.717) is 12.8 Å². The molecule has 0 bridgehead atoms. The summed E-state index contributed by atoms with van der Waals surface area (Å²) in [5, 5.41) is 6.10. The summed E-state index contributed by atoms with van der Waals surface area (Å²) in [6.07, 6.45) is 1.08. The minimum absolute atomic E-state index is 0.00426. The summed E-state index contributed by atoms with van der Waals surface area (Å²) in [4.78, 5) is 24.0. The second-order valence-corrected chi connectivity index (χ2v) is 6.55. The fourth-order valence-electron chi connectivity index (χ4n) is 2.90. The molecule has 2 aromatic rings. The Kier molecular flexibility index (Phi) is 8.76. The second-order valence-electron chi connectivity index (χ2n) is 6.55. The van der Waals surface area contributed by atoms with E-state index in [9.17, 15) is 14.0 Å². The molecule has 2 rings (SSSR count). The molecular formula is C21H26FN5O3. The Labute approximate surface area is 174 Å². The third kappa shape index (κ3) is 7.17. The topological polar surface area (TPSA) is 132 Å². The number of nitrogens with two attached hydrogens (primary N) is 2.